The predicted molar refractivity (Wildman–Crippen MR) is 99.1 cm³/mol. The summed E-state index contributed by atoms with van der Waals surface area (Å²) in [5, 5.41) is 6.65. The first-order valence-electron chi connectivity index (χ1n) is 8.95. The molecular weight excluding hydrogens is 271 g/mol. The van der Waals surface area contributed by atoms with Gasteiger partial charge < -0.3 is 0 Å². The number of rotatable bonds is 10. The van der Waals surface area contributed by atoms with Crippen molar-refractivity contribution in [2.75, 3.05) is 0 Å². The van der Waals surface area contributed by atoms with Crippen molar-refractivity contribution in [3.8, 4) is 0 Å². The van der Waals surface area contributed by atoms with Gasteiger partial charge in [0.25, 0.3) is 0 Å². The van der Waals surface area contributed by atoms with Crippen molar-refractivity contribution in [1.82, 2.24) is 0 Å². The van der Waals surface area contributed by atoms with Crippen LogP contribution in [-0.2, 0) is 12.8 Å². The Morgan fingerprint density at radius 1 is 0.667 bits per heavy atom. The summed E-state index contributed by atoms with van der Waals surface area (Å²) in [6, 6.07) is 9.15. The Labute approximate surface area is 132 Å². The minimum Gasteiger partial charge on any atom is -0.132 e. The smallest absolute Gasteiger partial charge is 0.0109 e. The number of fused-ring (bicyclic) bond motifs is 1. The molecule has 0 saturated carbocycles. The lowest BCUT2D eigenvalue weighted by atomic mass is 10.1. The van der Waals surface area contributed by atoms with E-state index in [4.69, 9.17) is 0 Å². The van der Waals surface area contributed by atoms with Crippen LogP contribution in [-0.4, -0.2) is 0 Å². The van der Waals surface area contributed by atoms with Crippen molar-refractivity contribution in [3.05, 3.63) is 34.9 Å². The molecule has 0 saturated heterocycles. The Kier molecular flexibility index (Phi) is 7.37. The van der Waals surface area contributed by atoms with E-state index in [2.05, 4.69) is 38.1 Å². The van der Waals surface area contributed by atoms with Gasteiger partial charge >= 0.3 is 0 Å². The van der Waals surface area contributed by atoms with Crippen molar-refractivity contribution in [3.63, 3.8) is 0 Å². The quantitative estimate of drug-likeness (QED) is 0.410. The van der Waals surface area contributed by atoms with Crippen molar-refractivity contribution >= 4 is 19.0 Å². The number of aryl methyl sites for hydroxylation is 2. The molecule has 0 amide bonds. The van der Waals surface area contributed by atoms with E-state index in [-0.39, 0.29) is 0 Å². The summed E-state index contributed by atoms with van der Waals surface area (Å²) in [6.45, 7) is 4.59. The highest BCUT2D eigenvalue weighted by molar-refractivity contribution is 7.33. The van der Waals surface area contributed by atoms with Crippen LogP contribution in [0.2, 0.25) is 0 Å². The Morgan fingerprint density at radius 3 is 1.57 bits per heavy atom. The van der Waals surface area contributed by atoms with E-state index in [1.54, 1.807) is 21.4 Å². The first kappa shape index (κ1) is 16.6. The van der Waals surface area contributed by atoms with Gasteiger partial charge in [-0.15, -0.1) is 8.19 Å². The minimum atomic E-state index is 0.986. The van der Waals surface area contributed by atoms with Gasteiger partial charge in [-0.25, -0.2) is 0 Å². The molecular formula is C20H31P. The first-order chi connectivity index (χ1) is 10.4. The van der Waals surface area contributed by atoms with Gasteiger partial charge in [0.2, 0.25) is 0 Å². The normalized spacial score (nSPS) is 11.3. The number of hydrogen-bond donors (Lipinski definition) is 0. The average molecular weight is 302 g/mol. The maximum Gasteiger partial charge on any atom is -0.0109 e. The molecule has 0 atom stereocenters. The second kappa shape index (κ2) is 9.31. The van der Waals surface area contributed by atoms with E-state index in [0.29, 0.717) is 0 Å². The van der Waals surface area contributed by atoms with Crippen molar-refractivity contribution in [2.24, 2.45) is 0 Å². The second-order valence-corrected chi connectivity index (χ2v) is 7.71. The standard InChI is InChI=1S/C20H31P/c1-3-5-7-9-15-19-17-13-11-12-14-18(17)20(21-19)16-10-8-6-4-2/h11-14,21H,3-10,15-16H2,1-2H3. The highest BCUT2D eigenvalue weighted by Gasteiger charge is 2.08. The molecule has 0 unspecified atom stereocenters. The lowest BCUT2D eigenvalue weighted by Gasteiger charge is -1.99. The van der Waals surface area contributed by atoms with Crippen LogP contribution in [0.5, 0.6) is 0 Å². The molecule has 0 aliphatic carbocycles. The van der Waals surface area contributed by atoms with Gasteiger partial charge in [-0.2, -0.15) is 0 Å². The van der Waals surface area contributed by atoms with Gasteiger partial charge in [0.15, 0.2) is 0 Å². The van der Waals surface area contributed by atoms with Gasteiger partial charge in [-0.05, 0) is 47.0 Å². The summed E-state index contributed by atoms with van der Waals surface area (Å²) in [5.41, 5.74) is 0. The largest absolute Gasteiger partial charge is 0.132 e. The van der Waals surface area contributed by atoms with Crippen LogP contribution in [0.25, 0.3) is 10.8 Å². The molecule has 0 radical (unpaired) electrons. The molecule has 0 bridgehead atoms. The van der Waals surface area contributed by atoms with Crippen LogP contribution in [0.15, 0.2) is 24.3 Å². The molecule has 1 aromatic heterocycles. The van der Waals surface area contributed by atoms with Crippen molar-refractivity contribution < 1.29 is 0 Å². The lowest BCUT2D eigenvalue weighted by Crippen LogP contribution is -1.82. The number of hydrogen-bond acceptors (Lipinski definition) is 0. The van der Waals surface area contributed by atoms with E-state index in [1.807, 2.05) is 0 Å². The highest BCUT2D eigenvalue weighted by Crippen LogP contribution is 2.37. The first-order valence-corrected chi connectivity index (χ1v) is 9.95. The van der Waals surface area contributed by atoms with Crippen LogP contribution in [0, 0.1) is 0 Å². The van der Waals surface area contributed by atoms with E-state index < -0.39 is 0 Å². The fraction of sp³-hybridized carbons (Fsp3) is 0.600. The number of unbranched alkanes of at least 4 members (excludes halogenated alkanes) is 6. The zero-order chi connectivity index (χ0) is 14.9. The summed E-state index contributed by atoms with van der Waals surface area (Å²) >= 11 is 0. The van der Waals surface area contributed by atoms with Gasteiger partial charge in [0.05, 0.1) is 0 Å². The molecule has 1 heteroatoms. The molecule has 2 rings (SSSR count). The average Bonchev–Trinajstić information content (AvgIpc) is 2.87. The molecule has 0 aliphatic heterocycles. The topological polar surface area (TPSA) is 0 Å². The maximum atomic E-state index is 2.36. The van der Waals surface area contributed by atoms with Gasteiger partial charge in [0.1, 0.15) is 0 Å². The summed E-state index contributed by atoms with van der Waals surface area (Å²) in [4.78, 5) is 0. The summed E-state index contributed by atoms with van der Waals surface area (Å²) in [5.74, 6) is 0. The monoisotopic (exact) mass is 302 g/mol. The molecule has 1 aromatic carbocycles. The summed E-state index contributed by atoms with van der Waals surface area (Å²) in [6.07, 6.45) is 13.7. The molecule has 0 nitrogen and oxygen atoms in total. The van der Waals surface area contributed by atoms with Crippen LogP contribution < -0.4 is 0 Å². The fourth-order valence-corrected chi connectivity index (χ4v) is 4.85. The third-order valence-corrected chi connectivity index (χ3v) is 6.08. The number of benzene rings is 1. The predicted octanol–water partition coefficient (Wildman–Crippen LogP) is 7.12. The Bertz CT molecular complexity index is 478. The minimum absolute atomic E-state index is 0.986. The molecule has 21 heavy (non-hydrogen) atoms. The van der Waals surface area contributed by atoms with Crippen LogP contribution in [0.1, 0.15) is 75.8 Å². The van der Waals surface area contributed by atoms with Crippen LogP contribution in [0.4, 0.5) is 0 Å². The molecule has 2 aromatic rings. The lowest BCUT2D eigenvalue weighted by molar-refractivity contribution is 0.670. The summed E-state index contributed by atoms with van der Waals surface area (Å²) in [7, 11) is 0.986. The molecule has 0 N–H and O–H groups in total. The zero-order valence-corrected chi connectivity index (χ0v) is 14.9. The third kappa shape index (κ3) is 4.89. The molecule has 1 heterocycles. The van der Waals surface area contributed by atoms with E-state index in [1.165, 1.54) is 64.2 Å². The molecule has 0 aliphatic rings. The van der Waals surface area contributed by atoms with Crippen molar-refractivity contribution in [2.45, 2.75) is 78.1 Å². The molecule has 116 valence electrons. The van der Waals surface area contributed by atoms with Gasteiger partial charge in [-0.1, -0.05) is 76.6 Å². The third-order valence-electron chi connectivity index (χ3n) is 4.44. The van der Waals surface area contributed by atoms with Crippen LogP contribution >= 0.6 is 8.19 Å². The SMILES string of the molecule is CCCCCCc1[pH]c(CCCCCC)c2ccccc12. The van der Waals surface area contributed by atoms with Gasteiger partial charge in [0, 0.05) is 0 Å². The van der Waals surface area contributed by atoms with E-state index in [9.17, 15) is 0 Å². The van der Waals surface area contributed by atoms with E-state index >= 15 is 0 Å². The Hall–Kier alpha value is -0.740. The second-order valence-electron chi connectivity index (χ2n) is 6.25. The van der Waals surface area contributed by atoms with Crippen LogP contribution in [0.3, 0.4) is 0 Å². The Morgan fingerprint density at radius 2 is 1.14 bits per heavy atom. The summed E-state index contributed by atoms with van der Waals surface area (Å²) < 4.78 is 0. The Balaban J connectivity index is 2.03. The molecule has 0 spiro atoms. The maximum absolute atomic E-state index is 2.36. The fourth-order valence-electron chi connectivity index (χ4n) is 3.18. The molecule has 0 fully saturated rings. The van der Waals surface area contributed by atoms with E-state index in [0.717, 1.165) is 8.19 Å². The zero-order valence-electron chi connectivity index (χ0n) is 13.9. The van der Waals surface area contributed by atoms with Gasteiger partial charge in [-0.3, -0.25) is 0 Å². The van der Waals surface area contributed by atoms with Crippen molar-refractivity contribution in [1.29, 1.82) is 0 Å². The highest BCUT2D eigenvalue weighted by atomic mass is 31.0.